The Labute approximate surface area is 210 Å². The highest BCUT2D eigenvalue weighted by atomic mass is 35.5. The van der Waals surface area contributed by atoms with Gasteiger partial charge < -0.3 is 35.5 Å². The molecule has 1 saturated heterocycles. The van der Waals surface area contributed by atoms with Gasteiger partial charge in [0.15, 0.2) is 5.82 Å². The van der Waals surface area contributed by atoms with Crippen molar-refractivity contribution in [3.63, 3.8) is 0 Å². The molecule has 0 amide bonds. The lowest BCUT2D eigenvalue weighted by Gasteiger charge is -2.45. The molecule has 0 saturated carbocycles. The van der Waals surface area contributed by atoms with Crippen LogP contribution in [0.4, 0.5) is 34.5 Å². The number of ether oxygens (including phenoxy) is 1. The van der Waals surface area contributed by atoms with Crippen molar-refractivity contribution in [2.45, 2.75) is 6.04 Å². The highest BCUT2D eigenvalue weighted by Crippen LogP contribution is 2.43. The smallest absolute Gasteiger partial charge is 0.229 e. The third-order valence-electron chi connectivity index (χ3n) is 6.25. The zero-order valence-corrected chi connectivity index (χ0v) is 21.6. The van der Waals surface area contributed by atoms with Crippen molar-refractivity contribution in [3.8, 4) is 5.75 Å². The van der Waals surface area contributed by atoms with Crippen LogP contribution in [-0.4, -0.2) is 67.5 Å². The number of nitrogen functional groups attached to an aromatic ring is 1. The van der Waals surface area contributed by atoms with Gasteiger partial charge in [-0.15, -0.1) is 0 Å². The van der Waals surface area contributed by atoms with E-state index in [0.717, 1.165) is 36.4 Å². The summed E-state index contributed by atoms with van der Waals surface area (Å²) in [6, 6.07) is 11.5. The minimum atomic E-state index is -2.50. The van der Waals surface area contributed by atoms with Crippen LogP contribution in [0, 0.1) is 0 Å². The number of hydrogen-bond acceptors (Lipinski definition) is 9. The molecule has 3 aromatic rings. The van der Waals surface area contributed by atoms with E-state index in [9.17, 15) is 4.57 Å². The second-order valence-electron chi connectivity index (χ2n) is 9.34. The summed E-state index contributed by atoms with van der Waals surface area (Å²) in [5.41, 5.74) is 9.47. The highest BCUT2D eigenvalue weighted by molar-refractivity contribution is 7.70. The molecular formula is C24H29ClN7O2P. The van der Waals surface area contributed by atoms with Gasteiger partial charge >= 0.3 is 0 Å². The molecule has 184 valence electrons. The predicted octanol–water partition coefficient (Wildman–Crippen LogP) is 3.96. The Morgan fingerprint density at radius 1 is 1.20 bits per heavy atom. The van der Waals surface area contributed by atoms with Crippen molar-refractivity contribution in [3.05, 3.63) is 47.6 Å². The van der Waals surface area contributed by atoms with Crippen molar-refractivity contribution in [2.24, 2.45) is 0 Å². The number of nitrogens with two attached hydrogens (primary N) is 1. The van der Waals surface area contributed by atoms with Crippen LogP contribution in [0.25, 0.3) is 0 Å². The SMILES string of the molecule is CN1CCN2c3c(N)cc(Nc4ncc(Cl)c(Nc5ccccc5P(C)(C)=O)n4)cc3OC[C@H]2C1. The first-order valence-electron chi connectivity index (χ1n) is 11.4. The summed E-state index contributed by atoms with van der Waals surface area (Å²) in [7, 11) is -0.379. The molecule has 0 unspecified atom stereocenters. The van der Waals surface area contributed by atoms with E-state index in [-0.39, 0.29) is 0 Å². The maximum Gasteiger partial charge on any atom is 0.229 e. The average Bonchev–Trinajstić information content (AvgIpc) is 2.80. The fourth-order valence-electron chi connectivity index (χ4n) is 4.57. The number of fused-ring (bicyclic) bond motifs is 3. The lowest BCUT2D eigenvalue weighted by Crippen LogP contribution is -2.56. The number of likely N-dealkylation sites (N-methyl/N-ethyl adjacent to an activating group) is 1. The van der Waals surface area contributed by atoms with Gasteiger partial charge in [-0.05, 0) is 38.6 Å². The number of benzene rings is 2. The van der Waals surface area contributed by atoms with E-state index in [1.54, 1.807) is 13.3 Å². The Balaban J connectivity index is 1.40. The molecule has 4 N–H and O–H groups in total. The van der Waals surface area contributed by atoms with Gasteiger partial charge in [-0.1, -0.05) is 23.7 Å². The van der Waals surface area contributed by atoms with Gasteiger partial charge in [0.05, 0.1) is 23.6 Å². The molecule has 0 radical (unpaired) electrons. The number of aromatic nitrogens is 2. The van der Waals surface area contributed by atoms with Crippen LogP contribution in [0.5, 0.6) is 5.75 Å². The normalized spacial score (nSPS) is 17.8. The molecule has 11 heteroatoms. The van der Waals surface area contributed by atoms with E-state index in [1.165, 1.54) is 6.20 Å². The zero-order chi connectivity index (χ0) is 24.7. The molecule has 2 aromatic carbocycles. The van der Waals surface area contributed by atoms with E-state index in [2.05, 4.69) is 37.4 Å². The van der Waals surface area contributed by atoms with Gasteiger partial charge in [0.2, 0.25) is 5.95 Å². The van der Waals surface area contributed by atoms with Crippen LogP contribution in [0.1, 0.15) is 0 Å². The van der Waals surface area contributed by atoms with Crippen molar-refractivity contribution in [1.29, 1.82) is 0 Å². The summed E-state index contributed by atoms with van der Waals surface area (Å²) in [5.74, 6) is 1.50. The number of hydrogen-bond donors (Lipinski definition) is 3. The first-order chi connectivity index (χ1) is 16.7. The van der Waals surface area contributed by atoms with Crippen molar-refractivity contribution >= 4 is 58.6 Å². The van der Waals surface area contributed by atoms with E-state index in [4.69, 9.17) is 22.1 Å². The number of halogens is 1. The number of para-hydroxylation sites is 1. The molecule has 9 nitrogen and oxygen atoms in total. The lowest BCUT2D eigenvalue weighted by atomic mass is 10.1. The Morgan fingerprint density at radius 2 is 2.00 bits per heavy atom. The summed E-state index contributed by atoms with van der Waals surface area (Å²) in [6.45, 7) is 6.92. The number of nitrogens with one attached hydrogen (secondary N) is 2. The van der Waals surface area contributed by atoms with Crippen LogP contribution in [0.2, 0.25) is 5.02 Å². The second-order valence-corrected chi connectivity index (χ2v) is 12.9. The van der Waals surface area contributed by atoms with Crippen LogP contribution in [0.15, 0.2) is 42.6 Å². The molecule has 35 heavy (non-hydrogen) atoms. The molecule has 2 aliphatic heterocycles. The molecule has 3 heterocycles. The molecule has 0 spiro atoms. The van der Waals surface area contributed by atoms with E-state index >= 15 is 0 Å². The van der Waals surface area contributed by atoms with E-state index < -0.39 is 7.14 Å². The van der Waals surface area contributed by atoms with Gasteiger partial charge in [-0.2, -0.15) is 4.98 Å². The van der Waals surface area contributed by atoms with Gasteiger partial charge in [-0.3, -0.25) is 0 Å². The Hall–Kier alpha value is -3.00. The summed E-state index contributed by atoms with van der Waals surface area (Å²) in [6.07, 6.45) is 1.52. The summed E-state index contributed by atoms with van der Waals surface area (Å²) in [5, 5.41) is 7.50. The van der Waals surface area contributed by atoms with Crippen LogP contribution < -0.4 is 31.3 Å². The zero-order valence-electron chi connectivity index (χ0n) is 20.0. The van der Waals surface area contributed by atoms with Crippen LogP contribution in [-0.2, 0) is 4.57 Å². The Kier molecular flexibility index (Phi) is 6.25. The van der Waals surface area contributed by atoms with Gasteiger partial charge in [0.1, 0.15) is 30.2 Å². The van der Waals surface area contributed by atoms with Crippen LogP contribution in [0.3, 0.4) is 0 Å². The minimum Gasteiger partial charge on any atom is -0.489 e. The molecular weight excluding hydrogens is 485 g/mol. The third kappa shape index (κ3) is 4.89. The van der Waals surface area contributed by atoms with E-state index in [0.29, 0.717) is 46.5 Å². The molecule has 2 aliphatic rings. The fraction of sp³-hybridized carbons (Fsp3) is 0.333. The molecule has 0 bridgehead atoms. The number of nitrogens with zero attached hydrogens (tertiary/aromatic N) is 4. The van der Waals surface area contributed by atoms with Crippen molar-refractivity contribution in [1.82, 2.24) is 14.9 Å². The van der Waals surface area contributed by atoms with Gasteiger partial charge in [-0.25, -0.2) is 4.98 Å². The molecule has 5 rings (SSSR count). The number of rotatable bonds is 5. The maximum atomic E-state index is 12.7. The topological polar surface area (TPSA) is 109 Å². The minimum absolute atomic E-state index is 0.292. The summed E-state index contributed by atoms with van der Waals surface area (Å²) < 4.78 is 18.8. The largest absolute Gasteiger partial charge is 0.489 e. The van der Waals surface area contributed by atoms with E-state index in [1.807, 2.05) is 36.4 Å². The lowest BCUT2D eigenvalue weighted by molar-refractivity contribution is 0.189. The molecule has 1 atom stereocenters. The highest BCUT2D eigenvalue weighted by Gasteiger charge is 2.33. The quantitative estimate of drug-likeness (QED) is 0.345. The van der Waals surface area contributed by atoms with Crippen molar-refractivity contribution < 1.29 is 9.30 Å². The van der Waals surface area contributed by atoms with Crippen LogP contribution >= 0.6 is 18.7 Å². The monoisotopic (exact) mass is 513 g/mol. The Morgan fingerprint density at radius 3 is 2.80 bits per heavy atom. The summed E-state index contributed by atoms with van der Waals surface area (Å²) >= 11 is 6.38. The van der Waals surface area contributed by atoms with Crippen molar-refractivity contribution in [2.75, 3.05) is 67.9 Å². The molecule has 1 fully saturated rings. The van der Waals surface area contributed by atoms with Gasteiger partial charge in [0.25, 0.3) is 0 Å². The predicted molar refractivity (Wildman–Crippen MR) is 144 cm³/mol. The molecule has 0 aliphatic carbocycles. The standard InChI is InChI=1S/C24H29ClN7O2P/c1-31-8-9-32-16(13-31)14-34-20-11-15(10-18(26)22(20)32)28-24-27-12-17(25)23(30-24)29-19-6-4-5-7-21(19)35(2,3)33/h4-7,10-12,16H,8-9,13-14,26H2,1-3H3,(H2,27,28,29,30)/t16-/m1/s1. The molecule has 1 aromatic heterocycles. The first-order valence-corrected chi connectivity index (χ1v) is 14.4. The number of anilines is 6. The Bertz CT molecular complexity index is 1320. The summed E-state index contributed by atoms with van der Waals surface area (Å²) in [4.78, 5) is 13.5. The third-order valence-corrected chi connectivity index (χ3v) is 8.07. The second kappa shape index (κ2) is 9.22. The number of piperazine rings is 1. The van der Waals surface area contributed by atoms with Gasteiger partial charge in [0, 0.05) is 36.7 Å². The first kappa shape index (κ1) is 23.7. The maximum absolute atomic E-state index is 12.7. The fourth-order valence-corrected chi connectivity index (χ4v) is 5.87. The average molecular weight is 514 g/mol.